The van der Waals surface area contributed by atoms with Crippen molar-refractivity contribution in [3.05, 3.63) is 52.1 Å². The number of amides is 1. The van der Waals surface area contributed by atoms with Crippen molar-refractivity contribution in [1.29, 1.82) is 0 Å². The lowest BCUT2D eigenvalue weighted by Crippen LogP contribution is -2.19. The van der Waals surface area contributed by atoms with Gasteiger partial charge in [-0.2, -0.15) is 5.10 Å². The van der Waals surface area contributed by atoms with Crippen LogP contribution in [0.25, 0.3) is 11.0 Å². The van der Waals surface area contributed by atoms with E-state index in [9.17, 15) is 20.0 Å². The number of carbonyl (C=O) groups is 1. The number of aromatic hydroxyl groups is 1. The number of hydrogen-bond acceptors (Lipinski definition) is 8. The fourth-order valence-corrected chi connectivity index (χ4v) is 3.47. The maximum atomic E-state index is 12.1. The average Bonchev–Trinajstić information content (AvgIpc) is 3.04. The van der Waals surface area contributed by atoms with Gasteiger partial charge in [0.2, 0.25) is 5.75 Å². The highest BCUT2D eigenvalue weighted by molar-refractivity contribution is 7.99. The number of phenolic OH excluding ortho intramolecular Hbond substituents is 1. The quantitative estimate of drug-likeness (QED) is 0.243. The molecule has 0 aliphatic carbocycles. The molecule has 10 nitrogen and oxygen atoms in total. The lowest BCUT2D eigenvalue weighted by Gasteiger charge is -2.07. The van der Waals surface area contributed by atoms with Crippen molar-refractivity contribution in [2.75, 3.05) is 12.4 Å². The van der Waals surface area contributed by atoms with Gasteiger partial charge in [-0.05, 0) is 25.1 Å². The minimum absolute atomic E-state index is 0.0307. The van der Waals surface area contributed by atoms with Crippen LogP contribution in [0.4, 0.5) is 5.69 Å². The molecule has 0 fully saturated rings. The first-order valence-corrected chi connectivity index (χ1v) is 9.89. The molecule has 30 heavy (non-hydrogen) atoms. The second-order valence-electron chi connectivity index (χ2n) is 6.10. The van der Waals surface area contributed by atoms with Gasteiger partial charge in [0.15, 0.2) is 10.9 Å². The van der Waals surface area contributed by atoms with Crippen LogP contribution in [0.3, 0.4) is 0 Å². The highest BCUT2D eigenvalue weighted by Gasteiger charge is 2.19. The number of nitrogens with zero attached hydrogens (tertiary/aromatic N) is 4. The first-order chi connectivity index (χ1) is 14.4. The number of aromatic nitrogens is 2. The minimum Gasteiger partial charge on any atom is -0.500 e. The number of carbonyl (C=O) groups excluding carboxylic acids is 1. The van der Waals surface area contributed by atoms with Crippen molar-refractivity contribution in [3.63, 3.8) is 0 Å². The molecule has 1 heterocycles. The van der Waals surface area contributed by atoms with E-state index in [4.69, 9.17) is 4.74 Å². The highest BCUT2D eigenvalue weighted by Crippen LogP contribution is 2.36. The topological polar surface area (TPSA) is 132 Å². The molecule has 2 aromatic carbocycles. The summed E-state index contributed by atoms with van der Waals surface area (Å²) in [5.74, 6) is -0.852. The summed E-state index contributed by atoms with van der Waals surface area (Å²) in [6, 6.07) is 10.2. The smallest absolute Gasteiger partial charge is 0.315 e. The Morgan fingerprint density at radius 3 is 2.90 bits per heavy atom. The number of rotatable bonds is 8. The normalized spacial score (nSPS) is 11.1. The van der Waals surface area contributed by atoms with Gasteiger partial charge in [0, 0.05) is 18.7 Å². The van der Waals surface area contributed by atoms with Gasteiger partial charge in [-0.3, -0.25) is 14.9 Å². The third-order valence-corrected chi connectivity index (χ3v) is 5.08. The molecule has 0 spiro atoms. The number of benzene rings is 2. The van der Waals surface area contributed by atoms with Crippen LogP contribution in [0.5, 0.6) is 11.5 Å². The number of hydrogen-bond donors (Lipinski definition) is 2. The monoisotopic (exact) mass is 429 g/mol. The molecular formula is C19H19N5O5S. The van der Waals surface area contributed by atoms with E-state index in [1.165, 1.54) is 24.0 Å². The van der Waals surface area contributed by atoms with Crippen LogP contribution < -0.4 is 10.2 Å². The molecule has 2 N–H and O–H groups in total. The molecule has 0 atom stereocenters. The van der Waals surface area contributed by atoms with Crippen LogP contribution in [0.2, 0.25) is 0 Å². The number of thioether (sulfide) groups is 1. The summed E-state index contributed by atoms with van der Waals surface area (Å²) in [6.45, 7) is 1.91. The molecule has 1 aromatic heterocycles. The summed E-state index contributed by atoms with van der Waals surface area (Å²) >= 11 is 1.27. The lowest BCUT2D eigenvalue weighted by atomic mass is 10.2. The first kappa shape index (κ1) is 21.1. The first-order valence-electron chi connectivity index (χ1n) is 8.91. The molecule has 11 heteroatoms. The fourth-order valence-electron chi connectivity index (χ4n) is 2.69. The number of nitro groups is 1. The molecule has 0 saturated carbocycles. The van der Waals surface area contributed by atoms with Crippen molar-refractivity contribution in [2.24, 2.45) is 12.1 Å². The van der Waals surface area contributed by atoms with E-state index in [0.29, 0.717) is 10.7 Å². The number of para-hydroxylation sites is 2. The van der Waals surface area contributed by atoms with Gasteiger partial charge in [0.25, 0.3) is 5.91 Å². The maximum absolute atomic E-state index is 12.1. The number of hydrazone groups is 1. The second kappa shape index (κ2) is 9.27. The van der Waals surface area contributed by atoms with Crippen molar-refractivity contribution in [1.82, 2.24) is 15.0 Å². The number of nitro benzene ring substituents is 1. The molecular weight excluding hydrogens is 410 g/mol. The number of fused-ring (bicyclic) bond motifs is 1. The lowest BCUT2D eigenvalue weighted by molar-refractivity contribution is -0.386. The third kappa shape index (κ3) is 4.69. The van der Waals surface area contributed by atoms with Crippen molar-refractivity contribution in [3.8, 4) is 11.5 Å². The summed E-state index contributed by atoms with van der Waals surface area (Å²) in [5.41, 5.74) is 3.98. The summed E-state index contributed by atoms with van der Waals surface area (Å²) in [5, 5.41) is 25.5. The minimum atomic E-state index is -0.721. The summed E-state index contributed by atoms with van der Waals surface area (Å²) < 4.78 is 7.11. The molecule has 0 unspecified atom stereocenters. The van der Waals surface area contributed by atoms with Crippen LogP contribution in [0.1, 0.15) is 12.5 Å². The summed E-state index contributed by atoms with van der Waals surface area (Å²) in [6.07, 6.45) is 1.24. The second-order valence-corrected chi connectivity index (χ2v) is 7.04. The zero-order chi connectivity index (χ0) is 21.7. The Balaban J connectivity index is 1.64. The predicted molar refractivity (Wildman–Crippen MR) is 113 cm³/mol. The van der Waals surface area contributed by atoms with Crippen LogP contribution in [0, 0.1) is 10.1 Å². The predicted octanol–water partition coefficient (Wildman–Crippen LogP) is 2.83. The SMILES string of the molecule is CCOc1cc(/C=N\NC(=O)CSc2nc3ccccc3n2C)cc([N+](=O)[O-])c1O. The molecule has 1 amide bonds. The number of imidazole rings is 1. The van der Waals surface area contributed by atoms with Gasteiger partial charge >= 0.3 is 5.69 Å². The van der Waals surface area contributed by atoms with Gasteiger partial charge in [-0.15, -0.1) is 0 Å². The van der Waals surface area contributed by atoms with E-state index in [2.05, 4.69) is 15.5 Å². The Labute approximate surface area is 175 Å². The third-order valence-electron chi connectivity index (χ3n) is 4.06. The fraction of sp³-hybridized carbons (Fsp3) is 0.211. The van der Waals surface area contributed by atoms with Crippen molar-refractivity contribution < 1.29 is 19.6 Å². The van der Waals surface area contributed by atoms with Gasteiger partial charge < -0.3 is 14.4 Å². The number of phenols is 1. The van der Waals surface area contributed by atoms with Crippen LogP contribution in [0.15, 0.2) is 46.7 Å². The molecule has 0 aliphatic heterocycles. The Bertz CT molecular complexity index is 1130. The zero-order valence-electron chi connectivity index (χ0n) is 16.2. The summed E-state index contributed by atoms with van der Waals surface area (Å²) in [4.78, 5) is 26.9. The van der Waals surface area contributed by atoms with Gasteiger partial charge in [-0.25, -0.2) is 10.4 Å². The number of ether oxygens (including phenoxy) is 1. The molecule has 0 saturated heterocycles. The Kier molecular flexibility index (Phi) is 6.52. The summed E-state index contributed by atoms with van der Waals surface area (Å²) in [7, 11) is 1.88. The molecule has 0 aliphatic rings. The Morgan fingerprint density at radius 1 is 1.43 bits per heavy atom. The van der Waals surface area contributed by atoms with E-state index >= 15 is 0 Å². The van der Waals surface area contributed by atoms with Crippen molar-refractivity contribution >= 4 is 40.6 Å². The molecule has 0 radical (unpaired) electrons. The average molecular weight is 429 g/mol. The standard InChI is InChI=1S/C19H19N5O5S/c1-3-29-16-9-12(8-15(18(16)26)24(27)28)10-20-22-17(25)11-30-19-21-13-6-4-5-7-14(13)23(19)2/h4-10,26H,3,11H2,1-2H3,(H,22,25)/b20-10-. The Morgan fingerprint density at radius 2 is 2.20 bits per heavy atom. The van der Waals surface area contributed by atoms with E-state index in [-0.39, 0.29) is 24.0 Å². The van der Waals surface area contributed by atoms with Crippen LogP contribution in [-0.2, 0) is 11.8 Å². The van der Waals surface area contributed by atoms with Crippen LogP contribution in [-0.4, -0.2) is 44.1 Å². The van der Waals surface area contributed by atoms with Gasteiger partial charge in [-0.1, -0.05) is 23.9 Å². The number of aryl methyl sites for hydroxylation is 1. The van der Waals surface area contributed by atoms with E-state index < -0.39 is 16.4 Å². The van der Waals surface area contributed by atoms with Crippen molar-refractivity contribution in [2.45, 2.75) is 12.1 Å². The van der Waals surface area contributed by atoms with E-state index in [1.807, 2.05) is 35.9 Å². The van der Waals surface area contributed by atoms with E-state index in [1.54, 1.807) is 6.92 Å². The molecule has 3 rings (SSSR count). The highest BCUT2D eigenvalue weighted by atomic mass is 32.2. The maximum Gasteiger partial charge on any atom is 0.315 e. The molecule has 156 valence electrons. The largest absolute Gasteiger partial charge is 0.500 e. The van der Waals surface area contributed by atoms with E-state index in [0.717, 1.165) is 17.1 Å². The van der Waals surface area contributed by atoms with Gasteiger partial charge in [0.05, 0.1) is 34.5 Å². The number of nitrogens with one attached hydrogen (secondary N) is 1. The molecule has 0 bridgehead atoms. The molecule has 3 aromatic rings. The van der Waals surface area contributed by atoms with Gasteiger partial charge in [0.1, 0.15) is 0 Å². The Hall–Kier alpha value is -3.60. The van der Waals surface area contributed by atoms with Crippen LogP contribution >= 0.6 is 11.8 Å². The zero-order valence-corrected chi connectivity index (χ0v) is 17.0.